The number of para-hydroxylation sites is 1. The Morgan fingerprint density at radius 3 is 2.33 bits per heavy atom. The average Bonchev–Trinajstić information content (AvgIpc) is 2.50. The minimum atomic E-state index is 0.0382. The number of anilines is 2. The molecule has 2 aromatic rings. The predicted octanol–water partition coefficient (Wildman–Crippen LogP) is 3.75. The number of rotatable bonds is 4. The zero-order chi connectivity index (χ0) is 15.4. The van der Waals surface area contributed by atoms with Crippen molar-refractivity contribution in [3.8, 4) is 0 Å². The third-order valence-electron chi connectivity index (χ3n) is 3.47. The van der Waals surface area contributed by atoms with E-state index in [-0.39, 0.29) is 5.91 Å². The van der Waals surface area contributed by atoms with Crippen LogP contribution in [0.1, 0.15) is 5.56 Å². The quantitative estimate of drug-likeness (QED) is 0.859. The largest absolute Gasteiger partial charge is 0.365 e. The summed E-state index contributed by atoms with van der Waals surface area (Å²) in [5, 5.41) is 0.736. The first kappa shape index (κ1) is 15.4. The van der Waals surface area contributed by atoms with Crippen LogP contribution < -0.4 is 9.80 Å². The maximum atomic E-state index is 12.3. The van der Waals surface area contributed by atoms with E-state index in [0.29, 0.717) is 6.54 Å². The van der Waals surface area contributed by atoms with E-state index in [4.69, 9.17) is 11.6 Å². The predicted molar refractivity (Wildman–Crippen MR) is 89.3 cm³/mol. The Morgan fingerprint density at radius 1 is 1.05 bits per heavy atom. The molecule has 4 heteroatoms. The summed E-state index contributed by atoms with van der Waals surface area (Å²) < 4.78 is 0. The van der Waals surface area contributed by atoms with E-state index >= 15 is 0 Å². The van der Waals surface area contributed by atoms with Crippen LogP contribution in [0.5, 0.6) is 0 Å². The highest BCUT2D eigenvalue weighted by Gasteiger charge is 2.14. The molecular weight excluding hydrogens is 284 g/mol. The molecule has 0 aliphatic carbocycles. The molecule has 0 spiro atoms. The summed E-state index contributed by atoms with van der Waals surface area (Å²) in [6.45, 7) is 2.27. The number of carbonyl (C=O) groups is 1. The summed E-state index contributed by atoms with van der Waals surface area (Å²) in [5.74, 6) is 0.0382. The minimum Gasteiger partial charge on any atom is -0.365 e. The van der Waals surface area contributed by atoms with Crippen molar-refractivity contribution in [2.45, 2.75) is 6.92 Å². The third-order valence-corrected chi connectivity index (χ3v) is 3.90. The lowest BCUT2D eigenvalue weighted by atomic mass is 10.2. The van der Waals surface area contributed by atoms with Gasteiger partial charge in [0.05, 0.1) is 6.54 Å². The monoisotopic (exact) mass is 302 g/mol. The third kappa shape index (κ3) is 3.76. The van der Waals surface area contributed by atoms with Gasteiger partial charge in [-0.05, 0) is 42.8 Å². The highest BCUT2D eigenvalue weighted by Crippen LogP contribution is 2.22. The van der Waals surface area contributed by atoms with E-state index in [2.05, 4.69) is 0 Å². The van der Waals surface area contributed by atoms with Gasteiger partial charge in [-0.2, -0.15) is 0 Å². The summed E-state index contributed by atoms with van der Waals surface area (Å²) in [7, 11) is 3.69. The van der Waals surface area contributed by atoms with Gasteiger partial charge in [0.2, 0.25) is 5.91 Å². The van der Waals surface area contributed by atoms with Gasteiger partial charge in [0, 0.05) is 30.5 Å². The van der Waals surface area contributed by atoms with Gasteiger partial charge >= 0.3 is 0 Å². The van der Waals surface area contributed by atoms with Crippen LogP contribution in [0, 0.1) is 6.92 Å². The van der Waals surface area contributed by atoms with Gasteiger partial charge in [-0.1, -0.05) is 29.8 Å². The maximum Gasteiger partial charge on any atom is 0.246 e. The van der Waals surface area contributed by atoms with Crippen LogP contribution in [0.15, 0.2) is 48.5 Å². The second kappa shape index (κ2) is 6.64. The zero-order valence-corrected chi connectivity index (χ0v) is 13.3. The van der Waals surface area contributed by atoms with E-state index < -0.39 is 0 Å². The molecule has 2 rings (SSSR count). The van der Waals surface area contributed by atoms with Crippen molar-refractivity contribution in [1.82, 2.24) is 0 Å². The number of likely N-dealkylation sites (N-methyl/N-ethyl adjacent to an activating group) is 2. The van der Waals surface area contributed by atoms with Crippen LogP contribution in [0.25, 0.3) is 0 Å². The van der Waals surface area contributed by atoms with Crippen LogP contribution in [0.3, 0.4) is 0 Å². The minimum absolute atomic E-state index is 0.0382. The van der Waals surface area contributed by atoms with Crippen molar-refractivity contribution in [2.75, 3.05) is 30.4 Å². The molecule has 0 saturated heterocycles. The van der Waals surface area contributed by atoms with Crippen molar-refractivity contribution in [1.29, 1.82) is 0 Å². The first-order chi connectivity index (χ1) is 9.99. The molecule has 0 radical (unpaired) electrons. The molecule has 0 unspecified atom stereocenters. The number of benzene rings is 2. The topological polar surface area (TPSA) is 23.6 Å². The molecule has 0 bridgehead atoms. The van der Waals surface area contributed by atoms with Crippen LogP contribution in [-0.4, -0.2) is 26.5 Å². The van der Waals surface area contributed by atoms with Gasteiger partial charge in [0.25, 0.3) is 0 Å². The Labute approximate surface area is 130 Å². The van der Waals surface area contributed by atoms with E-state index in [1.165, 1.54) is 0 Å². The fourth-order valence-corrected chi connectivity index (χ4v) is 2.18. The van der Waals surface area contributed by atoms with Gasteiger partial charge < -0.3 is 9.80 Å². The first-order valence-electron chi connectivity index (χ1n) is 6.78. The summed E-state index contributed by atoms with van der Waals surface area (Å²) in [4.78, 5) is 15.9. The van der Waals surface area contributed by atoms with Crippen LogP contribution in [0.2, 0.25) is 5.02 Å². The number of hydrogen-bond donors (Lipinski definition) is 0. The van der Waals surface area contributed by atoms with Crippen LogP contribution >= 0.6 is 11.6 Å². The van der Waals surface area contributed by atoms with Gasteiger partial charge in [-0.25, -0.2) is 0 Å². The molecule has 0 saturated carbocycles. The molecule has 110 valence electrons. The Bertz CT molecular complexity index is 628. The Morgan fingerprint density at radius 2 is 1.71 bits per heavy atom. The van der Waals surface area contributed by atoms with Crippen molar-refractivity contribution < 1.29 is 4.79 Å². The average molecular weight is 303 g/mol. The van der Waals surface area contributed by atoms with Gasteiger partial charge in [0.15, 0.2) is 0 Å². The number of amides is 1. The zero-order valence-electron chi connectivity index (χ0n) is 12.5. The number of hydrogen-bond acceptors (Lipinski definition) is 2. The highest BCUT2D eigenvalue weighted by atomic mass is 35.5. The molecule has 0 aliphatic rings. The molecule has 0 heterocycles. The molecule has 0 N–H and O–H groups in total. The SMILES string of the molecule is Cc1cc(N(C)CC(=O)N(C)c2ccccc2)ccc1Cl. The van der Waals surface area contributed by atoms with E-state index in [1.54, 1.807) is 11.9 Å². The number of halogens is 1. The lowest BCUT2D eigenvalue weighted by molar-refractivity contribution is -0.117. The molecule has 1 amide bonds. The normalized spacial score (nSPS) is 10.3. The Hall–Kier alpha value is -2.00. The lowest BCUT2D eigenvalue weighted by Gasteiger charge is -2.24. The highest BCUT2D eigenvalue weighted by molar-refractivity contribution is 6.31. The molecule has 2 aromatic carbocycles. The lowest BCUT2D eigenvalue weighted by Crippen LogP contribution is -2.36. The van der Waals surface area contributed by atoms with Crippen molar-refractivity contribution in [3.63, 3.8) is 0 Å². The second-order valence-electron chi connectivity index (χ2n) is 5.08. The fraction of sp³-hybridized carbons (Fsp3) is 0.235. The molecule has 21 heavy (non-hydrogen) atoms. The Kier molecular flexibility index (Phi) is 4.86. The van der Waals surface area contributed by atoms with Crippen LogP contribution in [-0.2, 0) is 4.79 Å². The fourth-order valence-electron chi connectivity index (χ4n) is 2.06. The Balaban J connectivity index is 2.06. The first-order valence-corrected chi connectivity index (χ1v) is 7.15. The molecule has 3 nitrogen and oxygen atoms in total. The van der Waals surface area contributed by atoms with E-state index in [1.807, 2.05) is 67.4 Å². The second-order valence-corrected chi connectivity index (χ2v) is 5.49. The maximum absolute atomic E-state index is 12.3. The number of carbonyl (C=O) groups excluding carboxylic acids is 1. The molecule has 0 atom stereocenters. The van der Waals surface area contributed by atoms with Crippen molar-refractivity contribution >= 4 is 28.9 Å². The van der Waals surface area contributed by atoms with Gasteiger partial charge in [-0.3, -0.25) is 4.79 Å². The number of aryl methyl sites for hydroxylation is 1. The smallest absolute Gasteiger partial charge is 0.246 e. The van der Waals surface area contributed by atoms with Crippen LogP contribution in [0.4, 0.5) is 11.4 Å². The van der Waals surface area contributed by atoms with Crippen molar-refractivity contribution in [2.24, 2.45) is 0 Å². The summed E-state index contributed by atoms with van der Waals surface area (Å²) in [6.07, 6.45) is 0. The summed E-state index contributed by atoms with van der Waals surface area (Å²) >= 11 is 6.03. The molecule has 0 aliphatic heterocycles. The van der Waals surface area contributed by atoms with E-state index in [9.17, 15) is 4.79 Å². The molecular formula is C17H19ClN2O. The molecule has 0 aromatic heterocycles. The van der Waals surface area contributed by atoms with Gasteiger partial charge in [0.1, 0.15) is 0 Å². The molecule has 0 fully saturated rings. The summed E-state index contributed by atoms with van der Waals surface area (Å²) in [6, 6.07) is 15.4. The standard InChI is InChI=1S/C17H19ClN2O/c1-13-11-15(9-10-16(13)18)19(2)12-17(21)20(3)14-7-5-4-6-8-14/h4-11H,12H2,1-3H3. The van der Waals surface area contributed by atoms with E-state index in [0.717, 1.165) is 22.0 Å². The van der Waals surface area contributed by atoms with Gasteiger partial charge in [-0.15, -0.1) is 0 Å². The number of nitrogens with zero attached hydrogens (tertiary/aromatic N) is 2. The summed E-state index contributed by atoms with van der Waals surface area (Å²) in [5.41, 5.74) is 2.87. The van der Waals surface area contributed by atoms with Crippen molar-refractivity contribution in [3.05, 3.63) is 59.1 Å².